The van der Waals surface area contributed by atoms with Gasteiger partial charge in [0.15, 0.2) is 5.82 Å². The highest BCUT2D eigenvalue weighted by molar-refractivity contribution is 4.71. The van der Waals surface area contributed by atoms with E-state index in [4.69, 9.17) is 0 Å². The van der Waals surface area contributed by atoms with Gasteiger partial charge in [-0.15, -0.1) is 15.3 Å². The lowest BCUT2D eigenvalue weighted by Crippen LogP contribution is -1.98. The zero-order valence-electron chi connectivity index (χ0n) is 9.99. The molecule has 0 aliphatic carbocycles. The average molecular weight is 256 g/mol. The van der Waals surface area contributed by atoms with Crippen LogP contribution in [-0.2, 0) is 13.1 Å². The molecule has 0 saturated carbocycles. The molecule has 8 nitrogen and oxygen atoms in total. The van der Waals surface area contributed by atoms with E-state index in [0.717, 1.165) is 24.7 Å². The van der Waals surface area contributed by atoms with E-state index in [9.17, 15) is 0 Å². The molecule has 18 heavy (non-hydrogen) atoms. The lowest BCUT2D eigenvalue weighted by molar-refractivity contribution is 0.551. The van der Waals surface area contributed by atoms with Crippen LogP contribution >= 0.6 is 0 Å². The third kappa shape index (κ3) is 5.46. The van der Waals surface area contributed by atoms with Crippen molar-refractivity contribution in [1.82, 2.24) is 40.4 Å². The first-order chi connectivity index (χ1) is 7.67. The molecule has 2 rings (SSSR count). The van der Waals surface area contributed by atoms with E-state index in [2.05, 4.69) is 30.9 Å². The molecule has 0 aromatic carbocycles. The van der Waals surface area contributed by atoms with Gasteiger partial charge < -0.3 is 0 Å². The van der Waals surface area contributed by atoms with Gasteiger partial charge in [-0.2, -0.15) is 4.80 Å². The molecule has 0 aliphatic heterocycles. The van der Waals surface area contributed by atoms with Gasteiger partial charge >= 0.3 is 0 Å². The maximum absolute atomic E-state index is 3.92. The van der Waals surface area contributed by atoms with Crippen LogP contribution in [0.4, 0.5) is 0 Å². The van der Waals surface area contributed by atoms with Crippen LogP contribution in [0.15, 0.2) is 0 Å². The summed E-state index contributed by atoms with van der Waals surface area (Å²) >= 11 is 0. The van der Waals surface area contributed by atoms with Gasteiger partial charge in [0.2, 0.25) is 0 Å². The Hall–Kier alpha value is -1.86. The Morgan fingerprint density at radius 3 is 1.83 bits per heavy atom. The van der Waals surface area contributed by atoms with Crippen LogP contribution in [0, 0.1) is 13.8 Å². The molecule has 0 saturated heterocycles. The molecule has 2 aromatic heterocycles. The van der Waals surface area contributed by atoms with Gasteiger partial charge in [0.05, 0.1) is 6.54 Å². The number of aromatic nitrogens is 8. The highest BCUT2D eigenvalue weighted by atomic mass is 15.6. The Morgan fingerprint density at radius 2 is 1.61 bits per heavy atom. The largest absolute Gasteiger partial charge is 0.230 e. The zero-order chi connectivity index (χ0) is 12.0. The maximum atomic E-state index is 3.92. The molecule has 0 atom stereocenters. The van der Waals surface area contributed by atoms with Crippen molar-refractivity contribution in [3.05, 3.63) is 11.6 Å². The van der Waals surface area contributed by atoms with Gasteiger partial charge in [-0.05, 0) is 43.3 Å². The van der Waals surface area contributed by atoms with Crippen molar-refractivity contribution in [3.63, 3.8) is 0 Å². The molecule has 0 N–H and O–H groups in total. The Kier molecular flexibility index (Phi) is 9.46. The van der Waals surface area contributed by atoms with Gasteiger partial charge in [0.1, 0.15) is 5.82 Å². The number of hydrogen-bond acceptors (Lipinski definition) is 6. The maximum Gasteiger partial charge on any atom is 0.171 e. The van der Waals surface area contributed by atoms with Crippen LogP contribution < -0.4 is 0 Å². The second kappa shape index (κ2) is 9.20. The quantitative estimate of drug-likeness (QED) is 0.804. The smallest absolute Gasteiger partial charge is 0.171 e. The third-order valence-electron chi connectivity index (χ3n) is 1.85. The topological polar surface area (TPSA) is 87.2 Å². The number of tetrazole rings is 2. The zero-order valence-corrected chi connectivity index (χ0v) is 9.99. The normalized spacial score (nSPS) is 8.67. The molecular weight excluding hydrogens is 232 g/mol. The van der Waals surface area contributed by atoms with E-state index in [-0.39, 0.29) is 14.9 Å². The summed E-state index contributed by atoms with van der Waals surface area (Å²) in [6.45, 7) is 9.31. The number of nitrogens with zero attached hydrogens (tertiary/aromatic N) is 8. The van der Waals surface area contributed by atoms with E-state index in [0.29, 0.717) is 0 Å². The standard InChI is InChI=1S/2C4H8N4.2CH4/c1-3-8-4(2)5-6-7-8;1-3-8-6-4(2)5-7-8;;/h2*3H2,1-2H3;2*1H4. The molecule has 0 bridgehead atoms. The molecule has 104 valence electrons. The summed E-state index contributed by atoms with van der Waals surface area (Å²) in [5.74, 6) is 1.60. The molecule has 8 heteroatoms. The van der Waals surface area contributed by atoms with Crippen molar-refractivity contribution in [2.75, 3.05) is 0 Å². The molecular formula is C10H24N8. The first kappa shape index (κ1) is 18.5. The molecule has 0 unspecified atom stereocenters. The number of aryl methyl sites for hydroxylation is 4. The van der Waals surface area contributed by atoms with Crippen molar-refractivity contribution < 1.29 is 0 Å². The second-order valence-electron chi connectivity index (χ2n) is 3.07. The first-order valence-electron chi connectivity index (χ1n) is 5.14. The predicted molar refractivity (Wildman–Crippen MR) is 69.9 cm³/mol. The minimum Gasteiger partial charge on any atom is -0.230 e. The lowest BCUT2D eigenvalue weighted by Gasteiger charge is -1.90. The van der Waals surface area contributed by atoms with E-state index < -0.39 is 0 Å². The average Bonchev–Trinajstić information content (AvgIpc) is 2.87. The van der Waals surface area contributed by atoms with Gasteiger partial charge in [-0.25, -0.2) is 4.68 Å². The van der Waals surface area contributed by atoms with Gasteiger partial charge in [-0.1, -0.05) is 14.9 Å². The van der Waals surface area contributed by atoms with Crippen LogP contribution in [0.2, 0.25) is 0 Å². The van der Waals surface area contributed by atoms with Crippen molar-refractivity contribution in [2.24, 2.45) is 0 Å². The highest BCUT2D eigenvalue weighted by Crippen LogP contribution is 1.84. The highest BCUT2D eigenvalue weighted by Gasteiger charge is 1.92. The summed E-state index contributed by atoms with van der Waals surface area (Å²) in [7, 11) is 0. The fraction of sp³-hybridized carbons (Fsp3) is 0.800. The Labute approximate surface area is 108 Å². The van der Waals surface area contributed by atoms with Crippen molar-refractivity contribution in [3.8, 4) is 0 Å². The van der Waals surface area contributed by atoms with E-state index >= 15 is 0 Å². The van der Waals surface area contributed by atoms with Crippen LogP contribution in [0.25, 0.3) is 0 Å². The molecule has 0 aliphatic rings. The van der Waals surface area contributed by atoms with Crippen LogP contribution in [0.3, 0.4) is 0 Å². The fourth-order valence-corrected chi connectivity index (χ4v) is 0.999. The predicted octanol–water partition coefficient (Wildman–Crippen LogP) is 1.28. The minimum atomic E-state index is 0. The van der Waals surface area contributed by atoms with E-state index in [1.807, 2.05) is 27.7 Å². The van der Waals surface area contributed by atoms with Crippen molar-refractivity contribution in [2.45, 2.75) is 55.6 Å². The van der Waals surface area contributed by atoms with Crippen molar-refractivity contribution >= 4 is 0 Å². The van der Waals surface area contributed by atoms with Crippen LogP contribution in [0.5, 0.6) is 0 Å². The summed E-state index contributed by atoms with van der Waals surface area (Å²) in [5, 5.41) is 22.1. The Morgan fingerprint density at radius 1 is 0.944 bits per heavy atom. The summed E-state index contributed by atoms with van der Waals surface area (Å²) in [4.78, 5) is 1.55. The number of hydrogen-bond donors (Lipinski definition) is 0. The van der Waals surface area contributed by atoms with Gasteiger partial charge in [0, 0.05) is 6.54 Å². The molecule has 0 fully saturated rings. The van der Waals surface area contributed by atoms with E-state index in [1.54, 1.807) is 9.48 Å². The third-order valence-corrected chi connectivity index (χ3v) is 1.85. The van der Waals surface area contributed by atoms with Gasteiger partial charge in [-0.3, -0.25) is 0 Å². The lowest BCUT2D eigenvalue weighted by atomic mass is 10.6. The summed E-state index contributed by atoms with van der Waals surface area (Å²) in [5.41, 5.74) is 0. The molecule has 2 heterocycles. The fourth-order valence-electron chi connectivity index (χ4n) is 0.999. The SMILES string of the molecule is C.C.CCn1nnc(C)n1.CCn1nnnc1C. The first-order valence-corrected chi connectivity index (χ1v) is 5.14. The Balaban J connectivity index is 0. The van der Waals surface area contributed by atoms with Crippen LogP contribution in [-0.4, -0.2) is 40.4 Å². The molecule has 0 amide bonds. The summed E-state index contributed by atoms with van der Waals surface area (Å²) in [6.07, 6.45) is 0. The summed E-state index contributed by atoms with van der Waals surface area (Å²) < 4.78 is 1.74. The summed E-state index contributed by atoms with van der Waals surface area (Å²) in [6, 6.07) is 0. The second-order valence-corrected chi connectivity index (χ2v) is 3.07. The minimum absolute atomic E-state index is 0. The molecule has 0 radical (unpaired) electrons. The Bertz CT molecular complexity index is 419. The number of rotatable bonds is 2. The van der Waals surface area contributed by atoms with E-state index in [1.165, 1.54) is 0 Å². The monoisotopic (exact) mass is 256 g/mol. The van der Waals surface area contributed by atoms with Crippen LogP contribution in [0.1, 0.15) is 40.3 Å². The van der Waals surface area contributed by atoms with Gasteiger partial charge in [0.25, 0.3) is 0 Å². The molecule has 0 spiro atoms. The van der Waals surface area contributed by atoms with Crippen molar-refractivity contribution in [1.29, 1.82) is 0 Å². The molecule has 2 aromatic rings.